The molecule has 0 amide bonds. The van der Waals surface area contributed by atoms with Gasteiger partial charge in [-0.2, -0.15) is 4.57 Å². The maximum Gasteiger partial charge on any atom is 0.263 e. The third-order valence-corrected chi connectivity index (χ3v) is 7.71. The van der Waals surface area contributed by atoms with Crippen molar-refractivity contribution in [3.05, 3.63) is 63.6 Å². The lowest BCUT2D eigenvalue weighted by atomic mass is 10.1. The number of ether oxygens (including phenoxy) is 1. The van der Waals surface area contributed by atoms with E-state index in [0.29, 0.717) is 0 Å². The normalized spacial score (nSPS) is 14.8. The van der Waals surface area contributed by atoms with Gasteiger partial charge >= 0.3 is 0 Å². The Morgan fingerprint density at radius 2 is 1.94 bits per heavy atom. The van der Waals surface area contributed by atoms with E-state index in [1.807, 2.05) is 29.2 Å². The van der Waals surface area contributed by atoms with Crippen LogP contribution in [0.25, 0.3) is 16.3 Å². The van der Waals surface area contributed by atoms with Gasteiger partial charge in [0.1, 0.15) is 17.0 Å². The second-order valence-corrected chi connectivity index (χ2v) is 9.52. The summed E-state index contributed by atoms with van der Waals surface area (Å²) in [7, 11) is 1.73. The first-order valence-corrected chi connectivity index (χ1v) is 12.2. The molecule has 1 aliphatic rings. The van der Waals surface area contributed by atoms with Gasteiger partial charge < -0.3 is 33.6 Å². The minimum absolute atomic E-state index is 0. The lowest BCUT2D eigenvalue weighted by Crippen LogP contribution is -3.00. The van der Waals surface area contributed by atoms with Gasteiger partial charge in [0.15, 0.2) is 0 Å². The molecule has 6 heteroatoms. The summed E-state index contributed by atoms with van der Waals surface area (Å²) in [4.78, 5) is 3.78. The number of allylic oxidation sites excluding steroid dienone is 2. The Morgan fingerprint density at radius 1 is 1.13 bits per heavy atom. The summed E-state index contributed by atoms with van der Waals surface area (Å²) in [5, 5.41) is 2.60. The summed E-state index contributed by atoms with van der Waals surface area (Å²) in [6.07, 6.45) is 5.73. The Labute approximate surface area is 210 Å². The zero-order valence-corrected chi connectivity index (χ0v) is 22.5. The topological polar surface area (TPSA) is 16.4 Å². The van der Waals surface area contributed by atoms with E-state index in [-0.39, 0.29) is 24.0 Å². The van der Waals surface area contributed by atoms with Crippen molar-refractivity contribution in [2.45, 2.75) is 45.6 Å². The largest absolute Gasteiger partial charge is 1.00 e. The van der Waals surface area contributed by atoms with Crippen molar-refractivity contribution in [2.24, 2.45) is 0 Å². The minimum Gasteiger partial charge on any atom is -1.00 e. The Bertz CT molecular complexity index is 1150. The van der Waals surface area contributed by atoms with Crippen molar-refractivity contribution in [3.8, 4) is 5.75 Å². The van der Waals surface area contributed by atoms with E-state index in [9.17, 15) is 0 Å². The molecule has 31 heavy (non-hydrogen) atoms. The molecule has 164 valence electrons. The van der Waals surface area contributed by atoms with Gasteiger partial charge in [0.25, 0.3) is 5.01 Å². The van der Waals surface area contributed by atoms with Crippen LogP contribution in [0.3, 0.4) is 0 Å². The maximum atomic E-state index is 5.44. The Hall–Kier alpha value is -1.51. The number of methoxy groups -OCH3 is 1. The summed E-state index contributed by atoms with van der Waals surface area (Å²) in [6, 6.07) is 13.1. The fourth-order valence-corrected chi connectivity index (χ4v) is 6.22. The van der Waals surface area contributed by atoms with Crippen LogP contribution < -0.4 is 38.2 Å². The Kier molecular flexibility index (Phi) is 8.10. The predicted octanol–water partition coefficient (Wildman–Crippen LogP) is 3.80. The molecule has 0 fully saturated rings. The molecule has 0 bridgehead atoms. The average Bonchev–Trinajstić information content (AvgIpc) is 3.28. The van der Waals surface area contributed by atoms with Gasteiger partial charge in [0.05, 0.1) is 23.9 Å². The average molecular weight is 565 g/mol. The van der Waals surface area contributed by atoms with Crippen molar-refractivity contribution in [3.63, 3.8) is 0 Å². The Morgan fingerprint density at radius 3 is 2.61 bits per heavy atom. The van der Waals surface area contributed by atoms with Gasteiger partial charge in [-0.3, -0.25) is 0 Å². The van der Waals surface area contributed by atoms with Crippen LogP contribution in [-0.2, 0) is 6.54 Å². The number of thioether (sulfide) groups is 1. The lowest BCUT2D eigenvalue weighted by molar-refractivity contribution is -0.665. The number of nitrogens with zero attached hydrogens (tertiary/aromatic N) is 2. The van der Waals surface area contributed by atoms with Crippen molar-refractivity contribution < 1.29 is 33.3 Å². The number of aryl methyl sites for hydroxylation is 2. The summed E-state index contributed by atoms with van der Waals surface area (Å²) < 4.78 is 9.12. The first-order valence-electron chi connectivity index (χ1n) is 10.6. The molecule has 3 aromatic rings. The molecule has 0 radical (unpaired) electrons. The number of aromatic nitrogens is 1. The SMILES string of the molecule is CCC(/C=C1\Sc2ccc(C)cc2N1CC)=C\c1sc2ccc(OC)cc2[n+]1CC.[I-]. The quantitative estimate of drug-likeness (QED) is 0.335. The predicted molar refractivity (Wildman–Crippen MR) is 131 cm³/mol. The third-order valence-electron chi connectivity index (χ3n) is 5.48. The maximum absolute atomic E-state index is 5.44. The number of anilines is 1. The minimum atomic E-state index is 0. The molecule has 0 N–H and O–H groups in total. The van der Waals surface area contributed by atoms with E-state index in [0.717, 1.165) is 25.3 Å². The van der Waals surface area contributed by atoms with Gasteiger partial charge in [0.2, 0.25) is 5.52 Å². The summed E-state index contributed by atoms with van der Waals surface area (Å²) in [5.41, 5.74) is 5.23. The Balaban J connectivity index is 0.00000272. The van der Waals surface area contributed by atoms with Crippen molar-refractivity contribution in [1.82, 2.24) is 0 Å². The number of hydrogen-bond acceptors (Lipinski definition) is 4. The molecule has 4 rings (SSSR count). The standard InChI is InChI=1S/C25H29N2OS2.HI/c1-6-18(14-24-26(7-2)20-13-17(4)9-11-22(20)29-24)15-25-27(8-3)21-16-19(28-5)10-12-23(21)30-25;/h9-16H,6-8H2,1-5H3;1H/q+1;/p-1. The van der Waals surface area contributed by atoms with Crippen LogP contribution in [0, 0.1) is 6.92 Å². The zero-order chi connectivity index (χ0) is 21.3. The van der Waals surface area contributed by atoms with Gasteiger partial charge in [-0.1, -0.05) is 36.1 Å². The number of hydrogen-bond donors (Lipinski definition) is 0. The van der Waals surface area contributed by atoms with Crippen LogP contribution in [0.2, 0.25) is 0 Å². The smallest absolute Gasteiger partial charge is 0.263 e. The van der Waals surface area contributed by atoms with Crippen molar-refractivity contribution in [1.29, 1.82) is 0 Å². The fraction of sp³-hybridized carbons (Fsp3) is 0.320. The number of halogens is 1. The molecule has 3 nitrogen and oxygen atoms in total. The molecule has 0 unspecified atom stereocenters. The highest BCUT2D eigenvalue weighted by molar-refractivity contribution is 8.03. The van der Waals surface area contributed by atoms with Crippen LogP contribution in [0.4, 0.5) is 5.69 Å². The van der Waals surface area contributed by atoms with Crippen LogP contribution in [-0.4, -0.2) is 13.7 Å². The third kappa shape index (κ3) is 4.81. The second-order valence-electron chi connectivity index (χ2n) is 7.39. The summed E-state index contributed by atoms with van der Waals surface area (Å²) in [5.74, 6) is 0.907. The van der Waals surface area contributed by atoms with Gasteiger partial charge in [-0.25, -0.2) is 0 Å². The van der Waals surface area contributed by atoms with E-state index in [2.05, 4.69) is 79.6 Å². The molecule has 0 spiro atoms. The lowest BCUT2D eigenvalue weighted by Gasteiger charge is -2.18. The molecule has 0 aliphatic carbocycles. The van der Waals surface area contributed by atoms with Crippen LogP contribution in [0.15, 0.2) is 58.0 Å². The molecule has 2 heterocycles. The van der Waals surface area contributed by atoms with E-state index in [4.69, 9.17) is 4.74 Å². The summed E-state index contributed by atoms with van der Waals surface area (Å²) >= 11 is 3.72. The molecule has 2 aromatic carbocycles. The molecule has 1 aromatic heterocycles. The fourth-order valence-electron chi connectivity index (χ4n) is 3.85. The van der Waals surface area contributed by atoms with Gasteiger partial charge in [0, 0.05) is 17.5 Å². The van der Waals surface area contributed by atoms with Crippen molar-refractivity contribution in [2.75, 3.05) is 18.6 Å². The summed E-state index contributed by atoms with van der Waals surface area (Å²) in [6.45, 7) is 10.8. The molecular formula is C25H29IN2OS2. The second kappa shape index (κ2) is 10.4. The number of rotatable bonds is 6. The van der Waals surface area contributed by atoms with Gasteiger partial charge in [-0.05, 0) is 68.7 Å². The zero-order valence-electron chi connectivity index (χ0n) is 18.7. The van der Waals surface area contributed by atoms with Crippen LogP contribution in [0.1, 0.15) is 37.8 Å². The van der Waals surface area contributed by atoms with E-state index in [1.165, 1.54) is 42.0 Å². The molecular weight excluding hydrogens is 535 g/mol. The highest BCUT2D eigenvalue weighted by Gasteiger charge is 2.24. The monoisotopic (exact) mass is 564 g/mol. The van der Waals surface area contributed by atoms with Crippen LogP contribution in [0.5, 0.6) is 5.75 Å². The molecule has 0 saturated carbocycles. The first kappa shape index (κ1) is 24.1. The first-order chi connectivity index (χ1) is 14.6. The van der Waals surface area contributed by atoms with E-state index >= 15 is 0 Å². The highest BCUT2D eigenvalue weighted by atomic mass is 127. The van der Waals surface area contributed by atoms with E-state index in [1.54, 1.807) is 7.11 Å². The van der Waals surface area contributed by atoms with Crippen molar-refractivity contribution >= 4 is 45.1 Å². The number of fused-ring (bicyclic) bond motifs is 2. The molecule has 1 aliphatic heterocycles. The van der Waals surface area contributed by atoms with Crippen LogP contribution >= 0.6 is 23.1 Å². The number of thiazole rings is 1. The number of benzene rings is 2. The molecule has 0 saturated heterocycles. The van der Waals surface area contributed by atoms with Gasteiger partial charge in [-0.15, -0.1) is 0 Å². The molecule has 0 atom stereocenters. The highest BCUT2D eigenvalue weighted by Crippen LogP contribution is 2.46. The van der Waals surface area contributed by atoms with E-state index < -0.39 is 0 Å².